The third-order valence-corrected chi connectivity index (χ3v) is 5.67. The maximum atomic E-state index is 13.2. The van der Waals surface area contributed by atoms with E-state index in [1.54, 1.807) is 40.3 Å². The summed E-state index contributed by atoms with van der Waals surface area (Å²) in [5, 5.41) is 4.44. The number of methoxy groups -OCH3 is 1. The molecule has 3 aromatic rings. The molecule has 1 aliphatic heterocycles. The highest BCUT2D eigenvalue weighted by molar-refractivity contribution is 7.04. The van der Waals surface area contributed by atoms with Crippen molar-refractivity contribution < 1.29 is 18.7 Å². The Kier molecular flexibility index (Phi) is 5.71. The van der Waals surface area contributed by atoms with Crippen LogP contribution in [0.25, 0.3) is 5.69 Å². The van der Waals surface area contributed by atoms with Crippen molar-refractivity contribution in [3.63, 3.8) is 0 Å². The topological polar surface area (TPSA) is 76.8 Å². The van der Waals surface area contributed by atoms with Gasteiger partial charge in [0.2, 0.25) is 0 Å². The van der Waals surface area contributed by atoms with E-state index in [1.165, 1.54) is 24.3 Å². The minimum absolute atomic E-state index is 0.133. The summed E-state index contributed by atoms with van der Waals surface area (Å²) in [6.45, 7) is 1.31. The van der Waals surface area contributed by atoms with Crippen LogP contribution in [0.3, 0.4) is 0 Å². The molecule has 0 aliphatic carbocycles. The molecule has 0 N–H and O–H groups in total. The molecule has 0 saturated carbocycles. The number of hydrogen-bond acceptors (Lipinski definition) is 5. The molecule has 2 heterocycles. The first kappa shape index (κ1) is 20.0. The van der Waals surface area contributed by atoms with Gasteiger partial charge in [0.1, 0.15) is 11.6 Å². The minimum atomic E-state index is -0.559. The fourth-order valence-corrected chi connectivity index (χ4v) is 3.98. The summed E-state index contributed by atoms with van der Waals surface area (Å²) < 4.78 is 20.1. The predicted octanol–water partition coefficient (Wildman–Crippen LogP) is 3.06. The van der Waals surface area contributed by atoms with Crippen LogP contribution in [0.2, 0.25) is 0 Å². The molecule has 1 aliphatic rings. The number of carbonyl (C=O) groups is 2. The smallest absolute Gasteiger partial charge is 0.278 e. The number of carbonyl (C=O) groups excluding carboxylic acids is 2. The van der Waals surface area contributed by atoms with Crippen LogP contribution in [-0.2, 0) is 0 Å². The Morgan fingerprint density at radius 1 is 1.07 bits per heavy atom. The van der Waals surface area contributed by atoms with Gasteiger partial charge in [-0.2, -0.15) is 9.06 Å². The quantitative estimate of drug-likeness (QED) is 0.643. The van der Waals surface area contributed by atoms with Gasteiger partial charge in [-0.25, -0.2) is 4.39 Å². The summed E-state index contributed by atoms with van der Waals surface area (Å²) in [5.41, 5.74) is 1.08. The molecule has 0 spiro atoms. The van der Waals surface area contributed by atoms with E-state index < -0.39 is 11.7 Å². The van der Waals surface area contributed by atoms with Crippen LogP contribution in [0.4, 0.5) is 4.39 Å². The number of rotatable bonds is 4. The van der Waals surface area contributed by atoms with Crippen molar-refractivity contribution in [1.82, 2.24) is 14.1 Å². The van der Waals surface area contributed by atoms with E-state index in [9.17, 15) is 14.0 Å². The Labute approximate surface area is 176 Å². The van der Waals surface area contributed by atoms with Crippen LogP contribution in [0.5, 0.6) is 5.75 Å². The summed E-state index contributed by atoms with van der Waals surface area (Å²) in [7, 11) is 1.58. The fourth-order valence-electron chi connectivity index (χ4n) is 3.13. The second-order valence-electron chi connectivity index (χ2n) is 6.74. The maximum absolute atomic E-state index is 13.2. The number of aromatic nitrogens is 2. The molecule has 9 heteroatoms. The van der Waals surface area contributed by atoms with Crippen LogP contribution >= 0.6 is 11.5 Å². The molecule has 0 atom stereocenters. The number of nitrogens with zero attached hydrogens (tertiary/aromatic N) is 4. The number of ether oxygens (including phenoxy) is 1. The van der Waals surface area contributed by atoms with Crippen molar-refractivity contribution in [2.45, 2.75) is 12.8 Å². The molecule has 30 heavy (non-hydrogen) atoms. The van der Waals surface area contributed by atoms with Gasteiger partial charge in [-0.1, -0.05) is 0 Å². The molecule has 1 aromatic heterocycles. The van der Waals surface area contributed by atoms with Gasteiger partial charge in [0.25, 0.3) is 11.8 Å². The molecule has 1 fully saturated rings. The Hall–Kier alpha value is -3.33. The first-order valence-corrected chi connectivity index (χ1v) is 10.2. The standard InChI is InChI=1S/C21H19FN4O3S/c1-29-17-10-8-16(9-11-17)26-24-18(21(28)25-12-2-3-13-25)20(30-26)23-19(27)14-4-6-15(22)7-5-14/h4-11H,2-3,12-13H2,1H3. The van der Waals surface area contributed by atoms with Gasteiger partial charge in [0, 0.05) is 18.7 Å². The van der Waals surface area contributed by atoms with E-state index in [0.29, 0.717) is 24.5 Å². The van der Waals surface area contributed by atoms with Crippen molar-refractivity contribution in [1.29, 1.82) is 0 Å². The number of amides is 2. The molecule has 0 unspecified atom stereocenters. The largest absolute Gasteiger partial charge is 0.497 e. The number of halogens is 1. The summed E-state index contributed by atoms with van der Waals surface area (Å²) in [5.74, 6) is -0.551. The van der Waals surface area contributed by atoms with E-state index in [1.807, 2.05) is 0 Å². The molecule has 0 bridgehead atoms. The predicted molar refractivity (Wildman–Crippen MR) is 109 cm³/mol. The average Bonchev–Trinajstić information content (AvgIpc) is 3.44. The van der Waals surface area contributed by atoms with Crippen molar-refractivity contribution in [3.8, 4) is 11.4 Å². The first-order chi connectivity index (χ1) is 14.5. The monoisotopic (exact) mass is 426 g/mol. The Morgan fingerprint density at radius 3 is 2.37 bits per heavy atom. The van der Waals surface area contributed by atoms with Crippen molar-refractivity contribution in [2.24, 2.45) is 4.99 Å². The van der Waals surface area contributed by atoms with Gasteiger partial charge in [0.05, 0.1) is 12.8 Å². The molecule has 1 saturated heterocycles. The third-order valence-electron chi connectivity index (χ3n) is 4.75. The van der Waals surface area contributed by atoms with Gasteiger partial charge in [-0.15, -0.1) is 5.10 Å². The Bertz CT molecular complexity index is 1130. The number of benzene rings is 2. The zero-order valence-corrected chi connectivity index (χ0v) is 17.1. The SMILES string of the molecule is COc1ccc(-n2nc(C(=O)N3CCCC3)c(=NC(=O)c3ccc(F)cc3)s2)cc1. The van der Waals surface area contributed by atoms with Gasteiger partial charge in [-0.05, 0) is 72.9 Å². The summed E-state index contributed by atoms with van der Waals surface area (Å²) in [6.07, 6.45) is 1.88. The fraction of sp³-hybridized carbons (Fsp3) is 0.238. The lowest BCUT2D eigenvalue weighted by molar-refractivity contribution is 0.0785. The minimum Gasteiger partial charge on any atom is -0.497 e. The lowest BCUT2D eigenvalue weighted by Gasteiger charge is -2.12. The molecule has 2 amide bonds. The van der Waals surface area contributed by atoms with Gasteiger partial charge < -0.3 is 9.64 Å². The van der Waals surface area contributed by atoms with E-state index in [-0.39, 0.29) is 21.8 Å². The highest BCUT2D eigenvalue weighted by Gasteiger charge is 2.25. The van der Waals surface area contributed by atoms with E-state index in [0.717, 1.165) is 24.4 Å². The Balaban J connectivity index is 1.76. The molecule has 7 nitrogen and oxygen atoms in total. The van der Waals surface area contributed by atoms with E-state index >= 15 is 0 Å². The summed E-state index contributed by atoms with van der Waals surface area (Å²) >= 11 is 1.09. The maximum Gasteiger partial charge on any atom is 0.278 e. The van der Waals surface area contributed by atoms with Crippen LogP contribution in [-0.4, -0.2) is 46.1 Å². The summed E-state index contributed by atoms with van der Waals surface area (Å²) in [4.78, 5) is 31.4. The molecule has 2 aromatic carbocycles. The second-order valence-corrected chi connectivity index (χ2v) is 7.65. The lowest BCUT2D eigenvalue weighted by Crippen LogP contribution is -2.31. The van der Waals surface area contributed by atoms with Gasteiger partial charge >= 0.3 is 0 Å². The molecule has 4 rings (SSSR count). The average molecular weight is 426 g/mol. The molecular formula is C21H19FN4O3S. The van der Waals surface area contributed by atoms with Crippen LogP contribution in [0.15, 0.2) is 53.5 Å². The second kappa shape index (κ2) is 8.58. The first-order valence-electron chi connectivity index (χ1n) is 9.44. The zero-order chi connectivity index (χ0) is 21.1. The van der Waals surface area contributed by atoms with Gasteiger partial charge in [0.15, 0.2) is 10.4 Å². The van der Waals surface area contributed by atoms with Crippen LogP contribution < -0.4 is 9.41 Å². The molecule has 154 valence electrons. The van der Waals surface area contributed by atoms with Crippen molar-refractivity contribution in [3.05, 3.63) is 70.3 Å². The van der Waals surface area contributed by atoms with Crippen molar-refractivity contribution in [2.75, 3.05) is 20.2 Å². The van der Waals surface area contributed by atoms with Gasteiger partial charge in [-0.3, -0.25) is 9.59 Å². The number of likely N-dealkylation sites (tertiary alicyclic amines) is 1. The zero-order valence-electron chi connectivity index (χ0n) is 16.2. The highest BCUT2D eigenvalue weighted by atomic mass is 32.1. The van der Waals surface area contributed by atoms with Crippen LogP contribution in [0, 0.1) is 5.82 Å². The van der Waals surface area contributed by atoms with Crippen molar-refractivity contribution >= 4 is 23.3 Å². The van der Waals surface area contributed by atoms with E-state index in [2.05, 4.69) is 10.1 Å². The van der Waals surface area contributed by atoms with E-state index in [4.69, 9.17) is 4.74 Å². The molecule has 0 radical (unpaired) electrons. The van der Waals surface area contributed by atoms with Crippen LogP contribution in [0.1, 0.15) is 33.7 Å². The normalized spacial score (nSPS) is 14.2. The summed E-state index contributed by atoms with van der Waals surface area (Å²) in [6, 6.07) is 12.3. The lowest BCUT2D eigenvalue weighted by atomic mass is 10.2. The third kappa shape index (κ3) is 4.16. The molecular weight excluding hydrogens is 407 g/mol. The Morgan fingerprint density at radius 2 is 1.73 bits per heavy atom. The highest BCUT2D eigenvalue weighted by Crippen LogP contribution is 2.17. The number of hydrogen-bond donors (Lipinski definition) is 0.